The first kappa shape index (κ1) is 16.5. The van der Waals surface area contributed by atoms with Crippen LogP contribution in [-0.4, -0.2) is 7.05 Å². The second-order valence-corrected chi connectivity index (χ2v) is 7.61. The minimum atomic E-state index is 0.0660. The highest BCUT2D eigenvalue weighted by Crippen LogP contribution is 2.34. The van der Waals surface area contributed by atoms with Crippen LogP contribution < -0.4 is 5.32 Å². The van der Waals surface area contributed by atoms with Gasteiger partial charge in [-0.05, 0) is 61.0 Å². The molecule has 1 unspecified atom stereocenters. The van der Waals surface area contributed by atoms with Gasteiger partial charge in [-0.15, -0.1) is 0 Å². The summed E-state index contributed by atoms with van der Waals surface area (Å²) in [5, 5.41) is 4.07. The van der Waals surface area contributed by atoms with Crippen molar-refractivity contribution in [1.82, 2.24) is 5.32 Å². The summed E-state index contributed by atoms with van der Waals surface area (Å²) in [7, 11) is 1.94. The standard InChI is InChI=1S/C15H13Br3ClN/c1-8-3-14(18)12(7-13(8)17)15(20-2)9-4-10(16)6-11(19)5-9/h3-7,15,20H,1-2H3. The Morgan fingerprint density at radius 1 is 1.00 bits per heavy atom. The third-order valence-corrected chi connectivity index (χ3v) is 5.31. The second-order valence-electron chi connectivity index (χ2n) is 4.55. The fraction of sp³-hybridized carbons (Fsp3) is 0.200. The molecule has 5 heteroatoms. The van der Waals surface area contributed by atoms with Gasteiger partial charge in [-0.1, -0.05) is 59.4 Å². The van der Waals surface area contributed by atoms with Crippen molar-refractivity contribution in [3.05, 3.63) is 65.5 Å². The monoisotopic (exact) mass is 479 g/mol. The molecule has 0 heterocycles. The fourth-order valence-corrected chi connectivity index (χ4v) is 4.06. The molecule has 1 nitrogen and oxygen atoms in total. The van der Waals surface area contributed by atoms with Crippen molar-refractivity contribution < 1.29 is 0 Å². The van der Waals surface area contributed by atoms with Gasteiger partial charge in [0.25, 0.3) is 0 Å². The van der Waals surface area contributed by atoms with E-state index in [2.05, 4.69) is 78.2 Å². The van der Waals surface area contributed by atoms with Crippen molar-refractivity contribution in [3.8, 4) is 0 Å². The number of halogens is 4. The molecule has 0 fully saturated rings. The minimum absolute atomic E-state index is 0.0660. The van der Waals surface area contributed by atoms with E-state index in [-0.39, 0.29) is 6.04 Å². The van der Waals surface area contributed by atoms with Gasteiger partial charge in [0.1, 0.15) is 0 Å². The summed E-state index contributed by atoms with van der Waals surface area (Å²) < 4.78 is 3.15. The first-order valence-electron chi connectivity index (χ1n) is 6.01. The van der Waals surface area contributed by atoms with E-state index in [4.69, 9.17) is 11.6 Å². The Balaban J connectivity index is 2.55. The number of rotatable bonds is 3. The van der Waals surface area contributed by atoms with E-state index in [1.165, 1.54) is 11.1 Å². The molecule has 2 rings (SSSR count). The van der Waals surface area contributed by atoms with Gasteiger partial charge in [0.05, 0.1) is 6.04 Å². The predicted molar refractivity (Wildman–Crippen MR) is 96.6 cm³/mol. The van der Waals surface area contributed by atoms with Crippen LogP contribution in [0.3, 0.4) is 0 Å². The molecule has 0 amide bonds. The van der Waals surface area contributed by atoms with Crippen LogP contribution in [0.25, 0.3) is 0 Å². The van der Waals surface area contributed by atoms with E-state index in [0.29, 0.717) is 0 Å². The molecule has 106 valence electrons. The van der Waals surface area contributed by atoms with Crippen molar-refractivity contribution in [2.24, 2.45) is 0 Å². The molecule has 0 aliphatic rings. The lowest BCUT2D eigenvalue weighted by atomic mass is 9.98. The van der Waals surface area contributed by atoms with Crippen molar-refractivity contribution >= 4 is 59.4 Å². The van der Waals surface area contributed by atoms with Crippen LogP contribution >= 0.6 is 59.4 Å². The Hall–Kier alpha value is 0.130. The number of hydrogen-bond donors (Lipinski definition) is 1. The zero-order valence-electron chi connectivity index (χ0n) is 11.0. The predicted octanol–water partition coefficient (Wildman–Crippen LogP) is 6.24. The topological polar surface area (TPSA) is 12.0 Å². The van der Waals surface area contributed by atoms with E-state index in [0.717, 1.165) is 24.0 Å². The molecule has 20 heavy (non-hydrogen) atoms. The van der Waals surface area contributed by atoms with Gasteiger partial charge in [-0.25, -0.2) is 0 Å². The van der Waals surface area contributed by atoms with Gasteiger partial charge in [0.15, 0.2) is 0 Å². The van der Waals surface area contributed by atoms with E-state index in [1.54, 1.807) is 0 Å². The first-order valence-corrected chi connectivity index (χ1v) is 8.77. The van der Waals surface area contributed by atoms with E-state index < -0.39 is 0 Å². The summed E-state index contributed by atoms with van der Waals surface area (Å²) in [4.78, 5) is 0. The lowest BCUT2D eigenvalue weighted by Gasteiger charge is -2.20. The molecule has 0 saturated heterocycles. The maximum Gasteiger partial charge on any atom is 0.0586 e. The molecule has 0 aromatic heterocycles. The molecule has 2 aromatic carbocycles. The normalized spacial score (nSPS) is 12.5. The summed E-state index contributed by atoms with van der Waals surface area (Å²) in [6.45, 7) is 2.07. The minimum Gasteiger partial charge on any atom is -0.309 e. The quantitative estimate of drug-likeness (QED) is 0.546. The lowest BCUT2D eigenvalue weighted by molar-refractivity contribution is 0.688. The van der Waals surface area contributed by atoms with Crippen molar-refractivity contribution in [2.75, 3.05) is 7.05 Å². The number of hydrogen-bond acceptors (Lipinski definition) is 1. The van der Waals surface area contributed by atoms with Crippen LogP contribution in [0.15, 0.2) is 43.7 Å². The summed E-state index contributed by atoms with van der Waals surface area (Å²) in [6.07, 6.45) is 0. The highest BCUT2D eigenvalue weighted by molar-refractivity contribution is 9.11. The summed E-state index contributed by atoms with van der Waals surface area (Å²) in [5.41, 5.74) is 3.48. The maximum absolute atomic E-state index is 6.16. The molecule has 0 radical (unpaired) electrons. The van der Waals surface area contributed by atoms with Gasteiger partial charge < -0.3 is 5.32 Å². The van der Waals surface area contributed by atoms with Crippen LogP contribution in [0.2, 0.25) is 5.02 Å². The summed E-state index contributed by atoms with van der Waals surface area (Å²) in [5.74, 6) is 0. The van der Waals surface area contributed by atoms with Crippen molar-refractivity contribution in [1.29, 1.82) is 0 Å². The maximum atomic E-state index is 6.16. The second kappa shape index (κ2) is 6.93. The Labute approximate surface area is 149 Å². The third kappa shape index (κ3) is 3.66. The van der Waals surface area contributed by atoms with Gasteiger partial charge in [-0.3, -0.25) is 0 Å². The molecule has 0 aliphatic heterocycles. The Morgan fingerprint density at radius 2 is 1.70 bits per heavy atom. The SMILES string of the molecule is CNC(c1cc(Cl)cc(Br)c1)c1cc(Br)c(C)cc1Br. The van der Waals surface area contributed by atoms with Crippen LogP contribution in [0.4, 0.5) is 0 Å². The largest absolute Gasteiger partial charge is 0.309 e. The average molecular weight is 482 g/mol. The van der Waals surface area contributed by atoms with Crippen LogP contribution in [0.1, 0.15) is 22.7 Å². The number of nitrogens with one attached hydrogen (secondary N) is 1. The van der Waals surface area contributed by atoms with E-state index >= 15 is 0 Å². The number of aryl methyl sites for hydroxylation is 1. The van der Waals surface area contributed by atoms with Crippen molar-refractivity contribution in [2.45, 2.75) is 13.0 Å². The highest BCUT2D eigenvalue weighted by atomic mass is 79.9. The third-order valence-electron chi connectivity index (χ3n) is 3.10. The van der Waals surface area contributed by atoms with Crippen LogP contribution in [-0.2, 0) is 0 Å². The summed E-state index contributed by atoms with van der Waals surface area (Å²) >= 11 is 16.9. The molecule has 1 atom stereocenters. The summed E-state index contributed by atoms with van der Waals surface area (Å²) in [6, 6.07) is 10.3. The van der Waals surface area contributed by atoms with Crippen molar-refractivity contribution in [3.63, 3.8) is 0 Å². The van der Waals surface area contributed by atoms with E-state index in [9.17, 15) is 0 Å². The Morgan fingerprint density at radius 3 is 2.30 bits per heavy atom. The molecule has 1 N–H and O–H groups in total. The van der Waals surface area contributed by atoms with Gasteiger partial charge >= 0.3 is 0 Å². The molecular weight excluding hydrogens is 469 g/mol. The molecule has 2 aromatic rings. The van der Waals surface area contributed by atoms with Gasteiger partial charge in [-0.2, -0.15) is 0 Å². The lowest BCUT2D eigenvalue weighted by Crippen LogP contribution is -2.18. The highest BCUT2D eigenvalue weighted by Gasteiger charge is 2.17. The Bertz CT molecular complexity index is 623. The van der Waals surface area contributed by atoms with Crippen LogP contribution in [0, 0.1) is 6.92 Å². The first-order chi connectivity index (χ1) is 9.42. The molecular formula is C15H13Br3ClN. The van der Waals surface area contributed by atoms with Crippen LogP contribution in [0.5, 0.6) is 0 Å². The molecule has 0 spiro atoms. The number of benzene rings is 2. The molecule has 0 bridgehead atoms. The zero-order chi connectivity index (χ0) is 14.9. The van der Waals surface area contributed by atoms with Gasteiger partial charge in [0.2, 0.25) is 0 Å². The average Bonchev–Trinajstić information content (AvgIpc) is 2.35. The zero-order valence-corrected chi connectivity index (χ0v) is 16.5. The Kier molecular flexibility index (Phi) is 5.71. The smallest absolute Gasteiger partial charge is 0.0586 e. The van der Waals surface area contributed by atoms with E-state index in [1.807, 2.05) is 19.2 Å². The molecule has 0 saturated carbocycles. The van der Waals surface area contributed by atoms with Gasteiger partial charge in [0, 0.05) is 18.4 Å². The fourth-order valence-electron chi connectivity index (χ4n) is 2.13. The molecule has 0 aliphatic carbocycles.